The summed E-state index contributed by atoms with van der Waals surface area (Å²) in [6.07, 6.45) is 6.99. The smallest absolute Gasteiger partial charge is 0.337 e. The van der Waals surface area contributed by atoms with Crippen molar-refractivity contribution in [2.75, 3.05) is 31.7 Å². The molecule has 0 amide bonds. The van der Waals surface area contributed by atoms with Crippen molar-refractivity contribution in [1.29, 1.82) is 0 Å². The lowest BCUT2D eigenvalue weighted by molar-refractivity contribution is 0.0697. The second kappa shape index (κ2) is 7.80. The summed E-state index contributed by atoms with van der Waals surface area (Å²) >= 11 is 0. The third-order valence-corrected chi connectivity index (χ3v) is 5.10. The Balaban J connectivity index is 1.52. The van der Waals surface area contributed by atoms with Crippen LogP contribution in [0.3, 0.4) is 0 Å². The van der Waals surface area contributed by atoms with E-state index < -0.39 is 5.97 Å². The lowest BCUT2D eigenvalue weighted by Crippen LogP contribution is -2.21. The number of hydrogen-bond donors (Lipinski definition) is 2. The predicted octanol–water partition coefficient (Wildman–Crippen LogP) is 3.56. The zero-order valence-electron chi connectivity index (χ0n) is 15.0. The number of carboxylic acid groups (broad SMARTS) is 1. The number of hydrogen-bond acceptors (Lipinski definition) is 5. The van der Waals surface area contributed by atoms with E-state index >= 15 is 0 Å². The van der Waals surface area contributed by atoms with E-state index in [0.29, 0.717) is 25.4 Å². The fourth-order valence-electron chi connectivity index (χ4n) is 3.62. The molecular formula is C21H22N2O4. The maximum Gasteiger partial charge on any atom is 0.337 e. The van der Waals surface area contributed by atoms with Gasteiger partial charge in [0.15, 0.2) is 0 Å². The fraction of sp³-hybridized carbons (Fsp3) is 0.333. The number of ether oxygens (including phenoxy) is 2. The van der Waals surface area contributed by atoms with E-state index in [2.05, 4.69) is 34.6 Å². The second-order valence-corrected chi connectivity index (χ2v) is 6.75. The number of carbonyl (C=O) groups is 1. The molecule has 6 heteroatoms. The topological polar surface area (TPSA) is 80.7 Å². The van der Waals surface area contributed by atoms with Gasteiger partial charge in [0.05, 0.1) is 37.3 Å². The highest BCUT2D eigenvalue weighted by Crippen LogP contribution is 2.36. The molecule has 1 atom stereocenters. The quantitative estimate of drug-likeness (QED) is 0.842. The monoisotopic (exact) mass is 366 g/mol. The molecule has 0 saturated heterocycles. The van der Waals surface area contributed by atoms with Gasteiger partial charge in [0.1, 0.15) is 5.75 Å². The molecule has 1 aromatic carbocycles. The SMILES string of the molecule is O=C(O)c1ccncc1NC[C@H]1CCOc2cc(C3=CCOCC3)ccc21. The summed E-state index contributed by atoms with van der Waals surface area (Å²) in [5.41, 5.74) is 4.42. The molecule has 2 aliphatic heterocycles. The fourth-order valence-corrected chi connectivity index (χ4v) is 3.62. The maximum absolute atomic E-state index is 11.4. The minimum absolute atomic E-state index is 0.235. The van der Waals surface area contributed by atoms with Gasteiger partial charge in [-0.15, -0.1) is 0 Å². The van der Waals surface area contributed by atoms with E-state index in [1.54, 1.807) is 6.20 Å². The minimum atomic E-state index is -0.957. The zero-order valence-corrected chi connectivity index (χ0v) is 15.0. The Labute approximate surface area is 157 Å². The highest BCUT2D eigenvalue weighted by Gasteiger charge is 2.23. The van der Waals surface area contributed by atoms with E-state index in [1.807, 2.05) is 0 Å². The summed E-state index contributed by atoms with van der Waals surface area (Å²) in [6, 6.07) is 7.90. The Kier molecular flexibility index (Phi) is 5.07. The Bertz CT molecular complexity index is 878. The third kappa shape index (κ3) is 3.80. The van der Waals surface area contributed by atoms with Crippen molar-refractivity contribution in [3.05, 3.63) is 59.4 Å². The molecule has 140 valence electrons. The van der Waals surface area contributed by atoms with Crippen molar-refractivity contribution in [1.82, 2.24) is 4.98 Å². The molecule has 0 bridgehead atoms. The molecule has 4 rings (SSSR count). The summed E-state index contributed by atoms with van der Waals surface area (Å²) in [6.45, 7) is 2.71. The van der Waals surface area contributed by atoms with Crippen molar-refractivity contribution in [2.45, 2.75) is 18.8 Å². The van der Waals surface area contributed by atoms with Crippen LogP contribution in [-0.4, -0.2) is 42.4 Å². The van der Waals surface area contributed by atoms with E-state index in [-0.39, 0.29) is 11.5 Å². The molecule has 2 aromatic rings. The summed E-state index contributed by atoms with van der Waals surface area (Å²) < 4.78 is 11.3. The number of anilines is 1. The number of carboxylic acids is 1. The number of aromatic nitrogens is 1. The van der Waals surface area contributed by atoms with E-state index in [0.717, 1.165) is 30.8 Å². The Morgan fingerprint density at radius 3 is 3.04 bits per heavy atom. The molecule has 0 saturated carbocycles. The van der Waals surface area contributed by atoms with Crippen molar-refractivity contribution < 1.29 is 19.4 Å². The van der Waals surface area contributed by atoms with Crippen LogP contribution in [0.1, 0.15) is 40.2 Å². The number of benzene rings is 1. The van der Waals surface area contributed by atoms with Crippen LogP contribution in [-0.2, 0) is 4.74 Å². The molecule has 0 radical (unpaired) electrons. The molecule has 0 spiro atoms. The zero-order chi connectivity index (χ0) is 18.6. The van der Waals surface area contributed by atoms with E-state index in [4.69, 9.17) is 9.47 Å². The number of nitrogens with zero attached hydrogens (tertiary/aromatic N) is 1. The number of pyridine rings is 1. The van der Waals surface area contributed by atoms with Gasteiger partial charge in [0.25, 0.3) is 0 Å². The van der Waals surface area contributed by atoms with E-state index in [1.165, 1.54) is 23.4 Å². The largest absolute Gasteiger partial charge is 0.493 e. The van der Waals surface area contributed by atoms with Crippen LogP contribution < -0.4 is 10.1 Å². The minimum Gasteiger partial charge on any atom is -0.493 e. The van der Waals surface area contributed by atoms with Crippen LogP contribution in [0.25, 0.3) is 5.57 Å². The molecule has 1 aromatic heterocycles. The van der Waals surface area contributed by atoms with Crippen molar-refractivity contribution >= 4 is 17.2 Å². The van der Waals surface area contributed by atoms with E-state index in [9.17, 15) is 9.90 Å². The van der Waals surface area contributed by atoms with Crippen molar-refractivity contribution in [2.24, 2.45) is 0 Å². The third-order valence-electron chi connectivity index (χ3n) is 5.10. The summed E-state index contributed by atoms with van der Waals surface area (Å²) in [5.74, 6) is 0.220. The van der Waals surface area contributed by atoms with Gasteiger partial charge in [-0.05, 0) is 41.7 Å². The van der Waals surface area contributed by atoms with Gasteiger partial charge in [-0.3, -0.25) is 4.98 Å². The first-order valence-electron chi connectivity index (χ1n) is 9.17. The first kappa shape index (κ1) is 17.5. The standard InChI is InChI=1S/C21H22N2O4/c24-21(25)18-3-7-22-13-19(18)23-12-16-6-10-27-20-11-15(1-2-17(16)20)14-4-8-26-9-5-14/h1-4,7,11,13,16,23H,5-6,8-10,12H2,(H,24,25)/t16-/m1/s1. The molecule has 6 nitrogen and oxygen atoms in total. The maximum atomic E-state index is 11.4. The Hall–Kier alpha value is -2.86. The van der Waals surface area contributed by atoms with Crippen molar-refractivity contribution in [3.8, 4) is 5.75 Å². The van der Waals surface area contributed by atoms with Gasteiger partial charge in [0.2, 0.25) is 0 Å². The highest BCUT2D eigenvalue weighted by atomic mass is 16.5. The Morgan fingerprint density at radius 2 is 2.22 bits per heavy atom. The average molecular weight is 366 g/mol. The number of aromatic carboxylic acids is 1. The van der Waals surface area contributed by atoms with Gasteiger partial charge in [0, 0.05) is 18.7 Å². The van der Waals surface area contributed by atoms with Crippen LogP contribution >= 0.6 is 0 Å². The lowest BCUT2D eigenvalue weighted by atomic mass is 9.90. The second-order valence-electron chi connectivity index (χ2n) is 6.75. The molecule has 0 fully saturated rings. The average Bonchev–Trinajstić information content (AvgIpc) is 2.72. The first-order chi connectivity index (χ1) is 13.2. The normalized spacial score (nSPS) is 18.8. The first-order valence-corrected chi connectivity index (χ1v) is 9.17. The van der Waals surface area contributed by atoms with Crippen LogP contribution in [0.4, 0.5) is 5.69 Å². The molecular weight excluding hydrogens is 344 g/mol. The number of rotatable bonds is 5. The van der Waals surface area contributed by atoms with Gasteiger partial charge in [-0.1, -0.05) is 18.2 Å². The molecule has 27 heavy (non-hydrogen) atoms. The van der Waals surface area contributed by atoms with Crippen LogP contribution in [0.5, 0.6) is 5.75 Å². The summed E-state index contributed by atoms with van der Waals surface area (Å²) in [4.78, 5) is 15.4. The van der Waals surface area contributed by atoms with Gasteiger partial charge >= 0.3 is 5.97 Å². The van der Waals surface area contributed by atoms with Gasteiger partial charge in [-0.25, -0.2) is 4.79 Å². The van der Waals surface area contributed by atoms with Crippen molar-refractivity contribution in [3.63, 3.8) is 0 Å². The van der Waals surface area contributed by atoms with Gasteiger partial charge < -0.3 is 19.9 Å². The molecule has 2 N–H and O–H groups in total. The molecule has 3 heterocycles. The molecule has 0 unspecified atom stereocenters. The van der Waals surface area contributed by atoms with Crippen LogP contribution in [0, 0.1) is 0 Å². The Morgan fingerprint density at radius 1 is 1.30 bits per heavy atom. The lowest BCUT2D eigenvalue weighted by Gasteiger charge is -2.27. The van der Waals surface area contributed by atoms with Gasteiger partial charge in [-0.2, -0.15) is 0 Å². The highest BCUT2D eigenvalue weighted by molar-refractivity contribution is 5.93. The summed E-state index contributed by atoms with van der Waals surface area (Å²) in [7, 11) is 0. The summed E-state index contributed by atoms with van der Waals surface area (Å²) in [5, 5.41) is 12.6. The van der Waals surface area contributed by atoms with Crippen LogP contribution in [0.15, 0.2) is 42.7 Å². The number of fused-ring (bicyclic) bond motifs is 1. The predicted molar refractivity (Wildman–Crippen MR) is 102 cm³/mol. The molecule has 0 aliphatic carbocycles. The van der Waals surface area contributed by atoms with Crippen LogP contribution in [0.2, 0.25) is 0 Å². The molecule has 2 aliphatic rings. The number of nitrogens with one attached hydrogen (secondary N) is 1.